The molecule has 0 saturated carbocycles. The summed E-state index contributed by atoms with van der Waals surface area (Å²) in [5.74, 6) is 0. The second kappa shape index (κ2) is 5.25. The van der Waals surface area contributed by atoms with E-state index in [4.69, 9.17) is 5.73 Å². The number of hydrogen-bond acceptors (Lipinski definition) is 3. The Morgan fingerprint density at radius 1 is 1.24 bits per heavy atom. The number of nitrogens with zero attached hydrogens (tertiary/aromatic N) is 1. The number of fused-ring (bicyclic) bond motifs is 1. The van der Waals surface area contributed by atoms with Crippen LogP contribution in [0.15, 0.2) is 36.5 Å². The zero-order valence-electron chi connectivity index (χ0n) is 10.4. The van der Waals surface area contributed by atoms with Crippen molar-refractivity contribution in [2.75, 3.05) is 6.54 Å². The van der Waals surface area contributed by atoms with Gasteiger partial charge in [0.05, 0.1) is 5.52 Å². The molecule has 0 spiro atoms. The Balaban J connectivity index is 2.34. The van der Waals surface area contributed by atoms with E-state index in [1.807, 2.05) is 18.3 Å². The van der Waals surface area contributed by atoms with Crippen LogP contribution < -0.4 is 11.1 Å². The molecule has 0 amide bonds. The molecule has 2 atom stereocenters. The van der Waals surface area contributed by atoms with E-state index in [1.165, 1.54) is 10.9 Å². The average Bonchev–Trinajstić information content (AvgIpc) is 2.37. The summed E-state index contributed by atoms with van der Waals surface area (Å²) in [6.45, 7) is 4.90. The molecule has 3 N–H and O–H groups in total. The highest BCUT2D eigenvalue weighted by Gasteiger charge is 2.11. The maximum absolute atomic E-state index is 5.64. The van der Waals surface area contributed by atoms with E-state index in [9.17, 15) is 0 Å². The van der Waals surface area contributed by atoms with Gasteiger partial charge >= 0.3 is 0 Å². The maximum Gasteiger partial charge on any atom is 0.0705 e. The first kappa shape index (κ1) is 12.0. The molecule has 0 aliphatic carbocycles. The molecule has 3 heteroatoms. The van der Waals surface area contributed by atoms with Crippen molar-refractivity contribution in [3.05, 3.63) is 42.1 Å². The van der Waals surface area contributed by atoms with Crippen molar-refractivity contribution < 1.29 is 0 Å². The maximum atomic E-state index is 5.64. The minimum atomic E-state index is 0.279. The molecule has 2 rings (SSSR count). The fourth-order valence-electron chi connectivity index (χ4n) is 2.09. The second-order valence-electron chi connectivity index (χ2n) is 4.44. The topological polar surface area (TPSA) is 50.9 Å². The number of pyridine rings is 1. The largest absolute Gasteiger partial charge is 0.329 e. The van der Waals surface area contributed by atoms with Gasteiger partial charge in [-0.25, -0.2) is 0 Å². The first-order valence-corrected chi connectivity index (χ1v) is 6.02. The Morgan fingerprint density at radius 2 is 2.06 bits per heavy atom. The fraction of sp³-hybridized carbons (Fsp3) is 0.357. The summed E-state index contributed by atoms with van der Waals surface area (Å²) < 4.78 is 0. The quantitative estimate of drug-likeness (QED) is 0.845. The molecule has 1 heterocycles. The molecule has 1 aromatic heterocycles. The molecule has 0 aliphatic heterocycles. The lowest BCUT2D eigenvalue weighted by molar-refractivity contribution is 0.487. The molecule has 0 fully saturated rings. The molecular formula is C14H19N3. The van der Waals surface area contributed by atoms with Gasteiger partial charge in [-0.15, -0.1) is 0 Å². The van der Waals surface area contributed by atoms with Crippen molar-refractivity contribution >= 4 is 10.9 Å². The molecule has 1 aromatic carbocycles. The highest BCUT2D eigenvalue weighted by molar-refractivity contribution is 5.82. The molecule has 2 aromatic rings. The molecule has 90 valence electrons. The lowest BCUT2D eigenvalue weighted by Gasteiger charge is -2.20. The SMILES string of the molecule is CC(CN)NC(C)c1cccc2ncccc12. The summed E-state index contributed by atoms with van der Waals surface area (Å²) >= 11 is 0. The minimum absolute atomic E-state index is 0.279. The Labute approximate surface area is 102 Å². The van der Waals surface area contributed by atoms with E-state index < -0.39 is 0 Å². The Hall–Kier alpha value is -1.45. The van der Waals surface area contributed by atoms with Crippen LogP contribution in [0.5, 0.6) is 0 Å². The van der Waals surface area contributed by atoms with Crippen LogP contribution in [0.2, 0.25) is 0 Å². The van der Waals surface area contributed by atoms with Crippen LogP contribution in [0.1, 0.15) is 25.5 Å². The molecule has 17 heavy (non-hydrogen) atoms. The number of benzene rings is 1. The number of rotatable bonds is 4. The van der Waals surface area contributed by atoms with Crippen LogP contribution in [-0.2, 0) is 0 Å². The number of aromatic nitrogens is 1. The predicted molar refractivity (Wildman–Crippen MR) is 71.8 cm³/mol. The van der Waals surface area contributed by atoms with Gasteiger partial charge in [0.25, 0.3) is 0 Å². The van der Waals surface area contributed by atoms with E-state index in [0.29, 0.717) is 12.6 Å². The molecule has 2 unspecified atom stereocenters. The number of hydrogen-bond donors (Lipinski definition) is 2. The van der Waals surface area contributed by atoms with Crippen LogP contribution in [0, 0.1) is 0 Å². The summed E-state index contributed by atoms with van der Waals surface area (Å²) in [5, 5.41) is 4.69. The van der Waals surface area contributed by atoms with Gasteiger partial charge in [-0.3, -0.25) is 4.98 Å². The molecule has 0 saturated heterocycles. The highest BCUT2D eigenvalue weighted by Crippen LogP contribution is 2.22. The Kier molecular flexibility index (Phi) is 3.71. The lowest BCUT2D eigenvalue weighted by Crippen LogP contribution is -2.35. The van der Waals surface area contributed by atoms with E-state index in [1.54, 1.807) is 0 Å². The third-order valence-electron chi connectivity index (χ3n) is 3.03. The van der Waals surface area contributed by atoms with Gasteiger partial charge in [-0.2, -0.15) is 0 Å². The lowest BCUT2D eigenvalue weighted by atomic mass is 10.0. The van der Waals surface area contributed by atoms with Crippen LogP contribution in [0.3, 0.4) is 0 Å². The average molecular weight is 229 g/mol. The summed E-state index contributed by atoms with van der Waals surface area (Å²) in [6, 6.07) is 10.9. The van der Waals surface area contributed by atoms with Crippen molar-refractivity contribution in [2.24, 2.45) is 5.73 Å². The Morgan fingerprint density at radius 3 is 2.82 bits per heavy atom. The Bertz CT molecular complexity index is 490. The van der Waals surface area contributed by atoms with Crippen molar-refractivity contribution in [1.29, 1.82) is 0 Å². The minimum Gasteiger partial charge on any atom is -0.329 e. The first-order valence-electron chi connectivity index (χ1n) is 6.02. The zero-order valence-corrected chi connectivity index (χ0v) is 10.4. The monoisotopic (exact) mass is 229 g/mol. The van der Waals surface area contributed by atoms with E-state index >= 15 is 0 Å². The summed E-state index contributed by atoms with van der Waals surface area (Å²) in [4.78, 5) is 4.37. The summed E-state index contributed by atoms with van der Waals surface area (Å²) in [6.07, 6.45) is 1.83. The summed E-state index contributed by atoms with van der Waals surface area (Å²) in [5.41, 5.74) is 7.95. The predicted octanol–water partition coefficient (Wildman–Crippen LogP) is 2.23. The fourth-order valence-corrected chi connectivity index (χ4v) is 2.09. The standard InChI is InChI=1S/C14H19N3/c1-10(9-15)17-11(2)12-5-3-7-14-13(12)6-4-8-16-14/h3-8,10-11,17H,9,15H2,1-2H3. The van der Waals surface area contributed by atoms with Crippen LogP contribution >= 0.6 is 0 Å². The van der Waals surface area contributed by atoms with Crippen LogP contribution in [-0.4, -0.2) is 17.6 Å². The van der Waals surface area contributed by atoms with Gasteiger partial charge in [0.15, 0.2) is 0 Å². The normalized spacial score (nSPS) is 14.8. The zero-order chi connectivity index (χ0) is 12.3. The van der Waals surface area contributed by atoms with Crippen molar-refractivity contribution in [1.82, 2.24) is 10.3 Å². The van der Waals surface area contributed by atoms with E-state index in [2.05, 4.69) is 42.3 Å². The summed E-state index contributed by atoms with van der Waals surface area (Å²) in [7, 11) is 0. The van der Waals surface area contributed by atoms with Crippen molar-refractivity contribution in [2.45, 2.75) is 25.9 Å². The number of nitrogens with two attached hydrogens (primary N) is 1. The molecule has 0 bridgehead atoms. The van der Waals surface area contributed by atoms with Crippen LogP contribution in [0.4, 0.5) is 0 Å². The van der Waals surface area contributed by atoms with Crippen molar-refractivity contribution in [3.63, 3.8) is 0 Å². The van der Waals surface area contributed by atoms with Gasteiger partial charge < -0.3 is 11.1 Å². The molecule has 0 aliphatic rings. The van der Waals surface area contributed by atoms with Crippen LogP contribution in [0.25, 0.3) is 10.9 Å². The molecular weight excluding hydrogens is 210 g/mol. The van der Waals surface area contributed by atoms with Gasteiger partial charge in [0.1, 0.15) is 0 Å². The van der Waals surface area contributed by atoms with Gasteiger partial charge in [0, 0.05) is 30.2 Å². The smallest absolute Gasteiger partial charge is 0.0705 e. The number of nitrogens with one attached hydrogen (secondary N) is 1. The highest BCUT2D eigenvalue weighted by atomic mass is 15.0. The van der Waals surface area contributed by atoms with Gasteiger partial charge in [-0.05, 0) is 31.5 Å². The van der Waals surface area contributed by atoms with E-state index in [-0.39, 0.29) is 6.04 Å². The third kappa shape index (κ3) is 2.62. The van der Waals surface area contributed by atoms with E-state index in [0.717, 1.165) is 5.52 Å². The van der Waals surface area contributed by atoms with Gasteiger partial charge in [-0.1, -0.05) is 18.2 Å². The molecule has 0 radical (unpaired) electrons. The van der Waals surface area contributed by atoms with Gasteiger partial charge in [0.2, 0.25) is 0 Å². The molecule has 3 nitrogen and oxygen atoms in total. The van der Waals surface area contributed by atoms with Crippen molar-refractivity contribution in [3.8, 4) is 0 Å². The third-order valence-corrected chi connectivity index (χ3v) is 3.03. The second-order valence-corrected chi connectivity index (χ2v) is 4.44. The first-order chi connectivity index (χ1) is 8.22.